The van der Waals surface area contributed by atoms with Crippen LogP contribution in [0, 0.1) is 5.92 Å². The number of allylic oxidation sites excluding steroid dienone is 4. The summed E-state index contributed by atoms with van der Waals surface area (Å²) in [6.45, 7) is 9.17. The van der Waals surface area contributed by atoms with Crippen molar-refractivity contribution in [1.82, 2.24) is 4.90 Å². The molecule has 1 fully saturated rings. The molecule has 1 rings (SSSR count). The van der Waals surface area contributed by atoms with Gasteiger partial charge in [0.05, 0.1) is 25.6 Å². The van der Waals surface area contributed by atoms with E-state index in [9.17, 15) is 10.2 Å². The molecule has 2 N–H and O–H groups in total. The van der Waals surface area contributed by atoms with E-state index in [1.165, 1.54) is 0 Å². The van der Waals surface area contributed by atoms with Crippen LogP contribution in [-0.2, 0) is 9.47 Å². The van der Waals surface area contributed by atoms with Crippen molar-refractivity contribution >= 4 is 0 Å². The van der Waals surface area contributed by atoms with Crippen molar-refractivity contribution in [1.29, 1.82) is 0 Å². The summed E-state index contributed by atoms with van der Waals surface area (Å²) in [4.78, 5) is 1.74. The smallest absolute Gasteiger partial charge is 0.130 e. The SMILES string of the molecule is C=C/C(=C\C=C\OCC(O)C1CC1)N(/C=C\COC/C=C/CC)C(O)CC. The number of aliphatic hydroxyl groups excluding tert-OH is 2. The van der Waals surface area contributed by atoms with Gasteiger partial charge in [-0.1, -0.05) is 32.6 Å². The number of hydrogen-bond acceptors (Lipinski definition) is 5. The topological polar surface area (TPSA) is 62.2 Å². The highest BCUT2D eigenvalue weighted by atomic mass is 16.5. The Labute approximate surface area is 164 Å². The third-order valence-corrected chi connectivity index (χ3v) is 4.16. The Morgan fingerprint density at radius 1 is 1.19 bits per heavy atom. The highest BCUT2D eigenvalue weighted by Crippen LogP contribution is 2.32. The molecule has 0 bridgehead atoms. The van der Waals surface area contributed by atoms with Crippen LogP contribution < -0.4 is 0 Å². The van der Waals surface area contributed by atoms with Crippen molar-refractivity contribution in [2.75, 3.05) is 19.8 Å². The first-order valence-corrected chi connectivity index (χ1v) is 9.78. The van der Waals surface area contributed by atoms with Crippen LogP contribution in [0.2, 0.25) is 0 Å². The molecular weight excluding hydrogens is 342 g/mol. The van der Waals surface area contributed by atoms with Gasteiger partial charge in [-0.15, -0.1) is 0 Å². The molecule has 0 saturated heterocycles. The zero-order valence-electron chi connectivity index (χ0n) is 16.7. The van der Waals surface area contributed by atoms with Crippen molar-refractivity contribution in [2.45, 2.75) is 51.9 Å². The summed E-state index contributed by atoms with van der Waals surface area (Å²) >= 11 is 0. The van der Waals surface area contributed by atoms with Crippen molar-refractivity contribution in [2.24, 2.45) is 5.92 Å². The number of hydrogen-bond donors (Lipinski definition) is 2. The molecule has 0 aliphatic heterocycles. The molecule has 1 saturated carbocycles. The highest BCUT2D eigenvalue weighted by molar-refractivity contribution is 5.23. The lowest BCUT2D eigenvalue weighted by Crippen LogP contribution is -2.28. The van der Waals surface area contributed by atoms with Crippen molar-refractivity contribution in [3.8, 4) is 0 Å². The Balaban J connectivity index is 2.53. The minimum atomic E-state index is -0.656. The summed E-state index contributed by atoms with van der Waals surface area (Å²) in [6.07, 6.45) is 17.2. The fourth-order valence-corrected chi connectivity index (χ4v) is 2.37. The molecule has 2 atom stereocenters. The Kier molecular flexibility index (Phi) is 12.3. The number of ether oxygens (including phenoxy) is 2. The van der Waals surface area contributed by atoms with E-state index < -0.39 is 6.23 Å². The number of aliphatic hydroxyl groups is 2. The summed E-state index contributed by atoms with van der Waals surface area (Å²) in [6, 6.07) is 0. The van der Waals surface area contributed by atoms with E-state index in [-0.39, 0.29) is 6.10 Å². The second-order valence-corrected chi connectivity index (χ2v) is 6.46. The van der Waals surface area contributed by atoms with E-state index >= 15 is 0 Å². The monoisotopic (exact) mass is 377 g/mol. The van der Waals surface area contributed by atoms with Crippen molar-refractivity contribution < 1.29 is 19.7 Å². The third-order valence-electron chi connectivity index (χ3n) is 4.16. The van der Waals surface area contributed by atoms with Crippen molar-refractivity contribution in [3.63, 3.8) is 0 Å². The van der Waals surface area contributed by atoms with Crippen LogP contribution in [0.5, 0.6) is 0 Å². The second-order valence-electron chi connectivity index (χ2n) is 6.46. The van der Waals surface area contributed by atoms with Gasteiger partial charge in [-0.25, -0.2) is 0 Å². The van der Waals surface area contributed by atoms with E-state index in [1.54, 1.807) is 29.5 Å². The maximum atomic E-state index is 10.3. The molecule has 27 heavy (non-hydrogen) atoms. The lowest BCUT2D eigenvalue weighted by molar-refractivity contribution is 0.0586. The van der Waals surface area contributed by atoms with Crippen LogP contribution >= 0.6 is 0 Å². The first-order valence-electron chi connectivity index (χ1n) is 9.78. The quantitative estimate of drug-likeness (QED) is 0.149. The van der Waals surface area contributed by atoms with E-state index in [0.717, 1.165) is 25.0 Å². The molecule has 152 valence electrons. The van der Waals surface area contributed by atoms with Gasteiger partial charge >= 0.3 is 0 Å². The van der Waals surface area contributed by atoms with Crippen LogP contribution in [0.15, 0.2) is 61.2 Å². The Hall–Kier alpha value is -1.82. The summed E-state index contributed by atoms with van der Waals surface area (Å²) in [7, 11) is 0. The molecule has 2 unspecified atom stereocenters. The van der Waals surface area contributed by atoms with Gasteiger partial charge in [0.25, 0.3) is 0 Å². The number of nitrogens with zero attached hydrogens (tertiary/aromatic N) is 1. The molecule has 0 aromatic carbocycles. The predicted molar refractivity (Wildman–Crippen MR) is 110 cm³/mol. The molecule has 0 radical (unpaired) electrons. The molecule has 1 aliphatic rings. The average Bonchev–Trinajstić information content (AvgIpc) is 3.52. The van der Waals surface area contributed by atoms with Gasteiger partial charge in [0.1, 0.15) is 12.8 Å². The first-order chi connectivity index (χ1) is 13.1. The molecule has 1 aliphatic carbocycles. The fourth-order valence-electron chi connectivity index (χ4n) is 2.37. The Morgan fingerprint density at radius 3 is 2.56 bits per heavy atom. The normalized spacial score (nSPS) is 17.7. The van der Waals surface area contributed by atoms with Gasteiger partial charge in [-0.05, 0) is 55.9 Å². The molecular formula is C22H35NO4. The fraction of sp³-hybridized carbons (Fsp3) is 0.545. The summed E-state index contributed by atoms with van der Waals surface area (Å²) < 4.78 is 10.9. The first kappa shape index (κ1) is 23.2. The Bertz CT molecular complexity index is 520. The summed E-state index contributed by atoms with van der Waals surface area (Å²) in [5, 5.41) is 20.0. The standard InChI is InChI=1S/C22H35NO4/c1-4-7-8-15-26-17-10-14-23(22(25)6-3)20(5-2)11-9-16-27-18-21(24)19-12-13-19/h5,7-11,14,16,19,21-22,24-25H,2,4,6,12-13,15,17-18H2,1,3H3/b8-7+,14-10-,16-9+,20-11+. The predicted octanol–water partition coefficient (Wildman–Crippen LogP) is 3.88. The van der Waals surface area contributed by atoms with Crippen LogP contribution in [0.1, 0.15) is 39.5 Å². The lowest BCUT2D eigenvalue weighted by Gasteiger charge is -2.26. The van der Waals surface area contributed by atoms with Crippen LogP contribution in [0.3, 0.4) is 0 Å². The molecule has 5 heteroatoms. The molecule has 0 amide bonds. The molecule has 0 spiro atoms. The molecule has 5 nitrogen and oxygen atoms in total. The second kappa shape index (κ2) is 14.3. The maximum Gasteiger partial charge on any atom is 0.130 e. The van der Waals surface area contributed by atoms with Gasteiger partial charge < -0.3 is 24.6 Å². The molecule has 0 aromatic heterocycles. The largest absolute Gasteiger partial charge is 0.498 e. The summed E-state index contributed by atoms with van der Waals surface area (Å²) in [5.41, 5.74) is 0.745. The van der Waals surface area contributed by atoms with E-state index in [4.69, 9.17) is 9.47 Å². The van der Waals surface area contributed by atoms with E-state index in [2.05, 4.69) is 19.6 Å². The third kappa shape index (κ3) is 10.2. The van der Waals surface area contributed by atoms with Crippen LogP contribution in [-0.4, -0.2) is 47.3 Å². The average molecular weight is 378 g/mol. The highest BCUT2D eigenvalue weighted by Gasteiger charge is 2.29. The van der Waals surface area contributed by atoms with Gasteiger partial charge in [0.2, 0.25) is 0 Å². The van der Waals surface area contributed by atoms with E-state index in [1.807, 2.05) is 25.2 Å². The lowest BCUT2D eigenvalue weighted by atomic mass is 10.2. The van der Waals surface area contributed by atoms with Gasteiger partial charge in [-0.3, -0.25) is 0 Å². The minimum absolute atomic E-state index is 0.309. The van der Waals surface area contributed by atoms with Gasteiger partial charge in [0, 0.05) is 11.9 Å². The van der Waals surface area contributed by atoms with Crippen molar-refractivity contribution in [3.05, 3.63) is 61.2 Å². The number of rotatable bonds is 15. The van der Waals surface area contributed by atoms with Gasteiger partial charge in [0.15, 0.2) is 0 Å². The minimum Gasteiger partial charge on any atom is -0.498 e. The summed E-state index contributed by atoms with van der Waals surface area (Å²) in [5.74, 6) is 0.401. The van der Waals surface area contributed by atoms with Crippen LogP contribution in [0.25, 0.3) is 0 Å². The van der Waals surface area contributed by atoms with E-state index in [0.29, 0.717) is 32.2 Å². The molecule has 0 aromatic rings. The van der Waals surface area contributed by atoms with Gasteiger partial charge in [-0.2, -0.15) is 0 Å². The maximum absolute atomic E-state index is 10.3. The zero-order chi connectivity index (χ0) is 19.9. The Morgan fingerprint density at radius 2 is 1.93 bits per heavy atom. The molecule has 0 heterocycles. The van der Waals surface area contributed by atoms with Crippen LogP contribution in [0.4, 0.5) is 0 Å². The zero-order valence-corrected chi connectivity index (χ0v) is 16.7.